The van der Waals surface area contributed by atoms with Crippen molar-refractivity contribution in [2.75, 3.05) is 0 Å². The molecule has 0 aliphatic rings. The van der Waals surface area contributed by atoms with Gasteiger partial charge in [0.2, 0.25) is 0 Å². The summed E-state index contributed by atoms with van der Waals surface area (Å²) in [5.74, 6) is 0.691. The average molecular weight is 627 g/mol. The number of pyridine rings is 1. The molecule has 0 unspecified atom stereocenters. The highest BCUT2D eigenvalue weighted by Crippen LogP contribution is 2.34. The van der Waals surface area contributed by atoms with Crippen molar-refractivity contribution < 1.29 is 0 Å². The first-order valence-corrected chi connectivity index (χ1v) is 16.4. The highest BCUT2D eigenvalue weighted by Gasteiger charge is 2.14. The van der Waals surface area contributed by atoms with Gasteiger partial charge in [-0.15, -0.1) is 0 Å². The maximum absolute atomic E-state index is 5.13. The van der Waals surface area contributed by atoms with Gasteiger partial charge < -0.3 is 4.57 Å². The molecule has 230 valence electrons. The van der Waals surface area contributed by atoms with Gasteiger partial charge in [0, 0.05) is 45.5 Å². The maximum atomic E-state index is 5.13. The van der Waals surface area contributed by atoms with Crippen molar-refractivity contribution >= 4 is 21.8 Å². The SMILES string of the molecule is c1ccc(-c2ccc(-c3nc(-c4ccc(-c5ccncc5)cc4)cc(-c4ccc(-n5c6ccccc6c6ccccc65)cc4)n3)cc2)cc1. The number of fused-ring (bicyclic) bond motifs is 3. The van der Waals surface area contributed by atoms with E-state index in [9.17, 15) is 0 Å². The molecule has 0 spiro atoms. The Kier molecular flexibility index (Phi) is 7.10. The van der Waals surface area contributed by atoms with Crippen LogP contribution in [0.1, 0.15) is 0 Å². The minimum absolute atomic E-state index is 0.691. The van der Waals surface area contributed by atoms with Crippen LogP contribution >= 0.6 is 0 Å². The van der Waals surface area contributed by atoms with E-state index in [0.29, 0.717) is 5.82 Å². The van der Waals surface area contributed by atoms with Gasteiger partial charge in [0.05, 0.1) is 22.4 Å². The van der Waals surface area contributed by atoms with Gasteiger partial charge in [0.25, 0.3) is 0 Å². The van der Waals surface area contributed by atoms with Crippen molar-refractivity contribution in [1.82, 2.24) is 19.5 Å². The summed E-state index contributed by atoms with van der Waals surface area (Å²) in [4.78, 5) is 14.4. The van der Waals surface area contributed by atoms with Crippen molar-refractivity contribution in [2.45, 2.75) is 0 Å². The molecule has 0 aliphatic heterocycles. The van der Waals surface area contributed by atoms with Crippen molar-refractivity contribution in [3.05, 3.63) is 182 Å². The summed E-state index contributed by atoms with van der Waals surface area (Å²) in [6.45, 7) is 0. The lowest BCUT2D eigenvalue weighted by atomic mass is 10.0. The number of para-hydroxylation sites is 2. The summed E-state index contributed by atoms with van der Waals surface area (Å²) in [6, 6.07) is 59.5. The van der Waals surface area contributed by atoms with E-state index >= 15 is 0 Å². The molecule has 0 saturated carbocycles. The minimum atomic E-state index is 0.691. The second-order valence-corrected chi connectivity index (χ2v) is 12.1. The molecule has 9 aromatic rings. The summed E-state index contributed by atoms with van der Waals surface area (Å²) in [5.41, 5.74) is 12.9. The van der Waals surface area contributed by atoms with Crippen LogP contribution in [0.3, 0.4) is 0 Å². The number of rotatable bonds is 6. The predicted octanol–water partition coefficient (Wildman–Crippen LogP) is 11.3. The van der Waals surface area contributed by atoms with E-state index in [0.717, 1.165) is 50.5 Å². The number of aromatic nitrogens is 4. The Bertz CT molecular complexity index is 2400. The second-order valence-electron chi connectivity index (χ2n) is 12.1. The number of hydrogen-bond acceptors (Lipinski definition) is 3. The van der Waals surface area contributed by atoms with E-state index < -0.39 is 0 Å². The Morgan fingerprint density at radius 2 is 0.776 bits per heavy atom. The summed E-state index contributed by atoms with van der Waals surface area (Å²) in [7, 11) is 0. The fourth-order valence-corrected chi connectivity index (χ4v) is 6.67. The molecule has 0 fully saturated rings. The molecule has 0 N–H and O–H groups in total. The van der Waals surface area contributed by atoms with Crippen LogP contribution in [-0.4, -0.2) is 19.5 Å². The van der Waals surface area contributed by atoms with Gasteiger partial charge in [-0.3, -0.25) is 4.98 Å². The maximum Gasteiger partial charge on any atom is 0.160 e. The molecule has 4 heteroatoms. The number of nitrogens with zero attached hydrogens (tertiary/aromatic N) is 4. The molecular weight excluding hydrogens is 597 g/mol. The molecular formula is C45H30N4. The topological polar surface area (TPSA) is 43.6 Å². The first-order chi connectivity index (χ1) is 24.3. The van der Waals surface area contributed by atoms with Crippen LogP contribution in [0.5, 0.6) is 0 Å². The highest BCUT2D eigenvalue weighted by atomic mass is 15.0. The predicted molar refractivity (Wildman–Crippen MR) is 201 cm³/mol. The van der Waals surface area contributed by atoms with Crippen LogP contribution < -0.4 is 0 Å². The zero-order valence-corrected chi connectivity index (χ0v) is 26.6. The van der Waals surface area contributed by atoms with Gasteiger partial charge in [-0.05, 0) is 64.7 Å². The molecule has 49 heavy (non-hydrogen) atoms. The van der Waals surface area contributed by atoms with Gasteiger partial charge in [-0.25, -0.2) is 9.97 Å². The molecule has 6 aromatic carbocycles. The number of hydrogen-bond donors (Lipinski definition) is 0. The van der Waals surface area contributed by atoms with E-state index in [4.69, 9.17) is 9.97 Å². The normalized spacial score (nSPS) is 11.3. The Labute approximate surface area is 284 Å². The lowest BCUT2D eigenvalue weighted by Crippen LogP contribution is -1.97. The zero-order chi connectivity index (χ0) is 32.6. The van der Waals surface area contributed by atoms with E-state index in [2.05, 4.69) is 161 Å². The van der Waals surface area contributed by atoms with Crippen LogP contribution in [0.2, 0.25) is 0 Å². The van der Waals surface area contributed by atoms with Gasteiger partial charge >= 0.3 is 0 Å². The Morgan fingerprint density at radius 3 is 1.35 bits per heavy atom. The van der Waals surface area contributed by atoms with Crippen molar-refractivity contribution in [3.63, 3.8) is 0 Å². The first kappa shape index (κ1) is 28.6. The smallest absolute Gasteiger partial charge is 0.160 e. The van der Waals surface area contributed by atoms with E-state index in [1.165, 1.54) is 27.4 Å². The van der Waals surface area contributed by atoms with E-state index in [1.54, 1.807) is 0 Å². The Balaban J connectivity index is 1.13. The number of benzene rings is 6. The molecule has 0 radical (unpaired) electrons. The van der Waals surface area contributed by atoms with Crippen LogP contribution in [0, 0.1) is 0 Å². The van der Waals surface area contributed by atoms with Crippen LogP contribution in [0.25, 0.3) is 83.6 Å². The molecule has 3 aromatic heterocycles. The molecule has 0 atom stereocenters. The summed E-state index contributed by atoms with van der Waals surface area (Å²) < 4.78 is 2.34. The summed E-state index contributed by atoms with van der Waals surface area (Å²) in [5, 5.41) is 2.50. The average Bonchev–Trinajstić information content (AvgIpc) is 3.53. The van der Waals surface area contributed by atoms with E-state index in [1.807, 2.05) is 30.6 Å². The van der Waals surface area contributed by atoms with Gasteiger partial charge in [0.15, 0.2) is 5.82 Å². The molecule has 0 saturated heterocycles. The third-order valence-electron chi connectivity index (χ3n) is 9.17. The fraction of sp³-hybridized carbons (Fsp3) is 0. The lowest BCUT2D eigenvalue weighted by molar-refractivity contribution is 1.17. The lowest BCUT2D eigenvalue weighted by Gasteiger charge is -2.12. The van der Waals surface area contributed by atoms with Crippen molar-refractivity contribution in [3.8, 4) is 61.8 Å². The first-order valence-electron chi connectivity index (χ1n) is 16.4. The monoisotopic (exact) mass is 626 g/mol. The van der Waals surface area contributed by atoms with Gasteiger partial charge in [-0.2, -0.15) is 0 Å². The summed E-state index contributed by atoms with van der Waals surface area (Å²) in [6.07, 6.45) is 3.64. The van der Waals surface area contributed by atoms with E-state index in [-0.39, 0.29) is 0 Å². The Morgan fingerprint density at radius 1 is 0.347 bits per heavy atom. The molecule has 0 bridgehead atoms. The van der Waals surface area contributed by atoms with Crippen molar-refractivity contribution in [1.29, 1.82) is 0 Å². The molecule has 9 rings (SSSR count). The Hall–Kier alpha value is -6.65. The fourth-order valence-electron chi connectivity index (χ4n) is 6.67. The largest absolute Gasteiger partial charge is 0.309 e. The molecule has 0 amide bonds. The molecule has 4 nitrogen and oxygen atoms in total. The molecule has 3 heterocycles. The third kappa shape index (κ3) is 5.35. The van der Waals surface area contributed by atoms with Crippen LogP contribution in [-0.2, 0) is 0 Å². The standard InChI is InChI=1S/C45H30N4/c1-2-8-31(9-3-1)32-16-20-37(21-17-32)45-47-41(35-18-14-33(15-19-35)34-26-28-46-29-27-34)30-42(48-45)36-22-24-38(25-23-36)49-43-12-6-4-10-39(43)40-11-5-7-13-44(40)49/h1-30H. The van der Waals surface area contributed by atoms with Gasteiger partial charge in [-0.1, -0.05) is 127 Å². The second kappa shape index (κ2) is 12.2. The van der Waals surface area contributed by atoms with Gasteiger partial charge in [0.1, 0.15) is 0 Å². The summed E-state index contributed by atoms with van der Waals surface area (Å²) >= 11 is 0. The minimum Gasteiger partial charge on any atom is -0.309 e. The third-order valence-corrected chi connectivity index (χ3v) is 9.17. The zero-order valence-electron chi connectivity index (χ0n) is 26.6. The quantitative estimate of drug-likeness (QED) is 0.184. The highest BCUT2D eigenvalue weighted by molar-refractivity contribution is 6.09. The van der Waals surface area contributed by atoms with Crippen molar-refractivity contribution in [2.24, 2.45) is 0 Å². The van der Waals surface area contributed by atoms with Crippen LogP contribution in [0.15, 0.2) is 182 Å². The van der Waals surface area contributed by atoms with Crippen LogP contribution in [0.4, 0.5) is 0 Å². The molecule has 0 aliphatic carbocycles.